The molecular weight excluding hydrogens is 244 g/mol. The van der Waals surface area contributed by atoms with Gasteiger partial charge in [-0.2, -0.15) is 0 Å². The monoisotopic (exact) mass is 270 g/mol. The Morgan fingerprint density at radius 3 is 2.63 bits per heavy atom. The first-order valence-electron chi connectivity index (χ1n) is 7.36. The van der Waals surface area contributed by atoms with Crippen LogP contribution in [0.2, 0.25) is 0 Å². The van der Waals surface area contributed by atoms with Gasteiger partial charge in [0.1, 0.15) is 6.04 Å². The van der Waals surface area contributed by atoms with Gasteiger partial charge in [-0.1, -0.05) is 39.5 Å². The molecule has 1 fully saturated rings. The first-order chi connectivity index (χ1) is 9.06. The van der Waals surface area contributed by atoms with E-state index in [0.29, 0.717) is 12.3 Å². The Balaban J connectivity index is 2.39. The van der Waals surface area contributed by atoms with Crippen molar-refractivity contribution in [2.24, 2.45) is 5.92 Å². The van der Waals surface area contributed by atoms with Crippen LogP contribution in [-0.2, 0) is 4.79 Å². The number of hydrogen-bond acceptors (Lipinski definition) is 2. The maximum Gasteiger partial charge on any atom is 0.326 e. The van der Waals surface area contributed by atoms with E-state index < -0.39 is 12.0 Å². The van der Waals surface area contributed by atoms with Gasteiger partial charge in [-0.25, -0.2) is 9.59 Å². The molecule has 0 aliphatic heterocycles. The molecule has 19 heavy (non-hydrogen) atoms. The van der Waals surface area contributed by atoms with Crippen molar-refractivity contribution in [2.45, 2.75) is 70.9 Å². The first-order valence-corrected chi connectivity index (χ1v) is 7.36. The summed E-state index contributed by atoms with van der Waals surface area (Å²) in [7, 11) is 0. The maximum atomic E-state index is 11.8. The lowest BCUT2D eigenvalue weighted by molar-refractivity contribution is -0.139. The smallest absolute Gasteiger partial charge is 0.326 e. The lowest BCUT2D eigenvalue weighted by Crippen LogP contribution is -2.49. The fourth-order valence-electron chi connectivity index (χ4n) is 2.72. The van der Waals surface area contributed by atoms with Gasteiger partial charge in [-0.05, 0) is 25.2 Å². The molecule has 3 N–H and O–H groups in total. The number of rotatable bonds is 6. The van der Waals surface area contributed by atoms with Crippen molar-refractivity contribution in [3.8, 4) is 0 Å². The van der Waals surface area contributed by atoms with Gasteiger partial charge in [-0.15, -0.1) is 0 Å². The number of urea groups is 1. The van der Waals surface area contributed by atoms with Gasteiger partial charge in [0.2, 0.25) is 0 Å². The summed E-state index contributed by atoms with van der Waals surface area (Å²) in [5.41, 5.74) is 0. The molecule has 2 unspecified atom stereocenters. The highest BCUT2D eigenvalue weighted by Gasteiger charge is 2.24. The third-order valence-corrected chi connectivity index (χ3v) is 3.88. The highest BCUT2D eigenvalue weighted by Crippen LogP contribution is 2.26. The van der Waals surface area contributed by atoms with E-state index in [1.807, 2.05) is 6.92 Å². The number of carboxylic acid groups (broad SMARTS) is 1. The zero-order chi connectivity index (χ0) is 14.3. The SMILES string of the molecule is CCC[C@H](NC(=O)NC1CCCC(CC)C1)C(=O)O. The molecule has 2 amide bonds. The van der Waals surface area contributed by atoms with Crippen LogP contribution in [0.4, 0.5) is 4.79 Å². The zero-order valence-electron chi connectivity index (χ0n) is 11.9. The Kier molecular flexibility index (Phi) is 6.67. The highest BCUT2D eigenvalue weighted by molar-refractivity contribution is 5.82. The van der Waals surface area contributed by atoms with Gasteiger partial charge in [0.05, 0.1) is 0 Å². The average molecular weight is 270 g/mol. The van der Waals surface area contributed by atoms with Gasteiger partial charge < -0.3 is 15.7 Å². The molecule has 1 aliphatic rings. The molecule has 5 heteroatoms. The summed E-state index contributed by atoms with van der Waals surface area (Å²) in [5, 5.41) is 14.5. The summed E-state index contributed by atoms with van der Waals surface area (Å²) < 4.78 is 0. The minimum Gasteiger partial charge on any atom is -0.480 e. The molecule has 0 spiro atoms. The summed E-state index contributed by atoms with van der Waals surface area (Å²) in [4.78, 5) is 22.8. The molecule has 0 aromatic heterocycles. The van der Waals surface area contributed by atoms with Crippen LogP contribution in [0.5, 0.6) is 0 Å². The van der Waals surface area contributed by atoms with E-state index in [4.69, 9.17) is 5.11 Å². The summed E-state index contributed by atoms with van der Waals surface area (Å²) in [5.74, 6) is -0.281. The van der Waals surface area contributed by atoms with Crippen molar-refractivity contribution in [1.29, 1.82) is 0 Å². The Bertz CT molecular complexity index is 307. The lowest BCUT2D eigenvalue weighted by Gasteiger charge is -2.29. The van der Waals surface area contributed by atoms with Crippen LogP contribution in [0.3, 0.4) is 0 Å². The van der Waals surface area contributed by atoms with E-state index in [0.717, 1.165) is 32.1 Å². The maximum absolute atomic E-state index is 11.8. The zero-order valence-corrected chi connectivity index (χ0v) is 11.9. The Labute approximate surface area is 115 Å². The van der Waals surface area contributed by atoms with Crippen molar-refractivity contribution in [3.05, 3.63) is 0 Å². The molecule has 110 valence electrons. The van der Waals surface area contributed by atoms with E-state index in [9.17, 15) is 9.59 Å². The molecule has 3 atom stereocenters. The fraction of sp³-hybridized carbons (Fsp3) is 0.857. The number of carbonyl (C=O) groups is 2. The van der Waals surface area contributed by atoms with Crippen LogP contribution < -0.4 is 10.6 Å². The van der Waals surface area contributed by atoms with Crippen molar-refractivity contribution in [2.75, 3.05) is 0 Å². The predicted octanol–water partition coefficient (Wildman–Crippen LogP) is 2.51. The van der Waals surface area contributed by atoms with Crippen LogP contribution in [-0.4, -0.2) is 29.2 Å². The van der Waals surface area contributed by atoms with Crippen molar-refractivity contribution in [3.63, 3.8) is 0 Å². The van der Waals surface area contributed by atoms with E-state index in [-0.39, 0.29) is 12.1 Å². The second kappa shape index (κ2) is 8.02. The number of hydrogen-bond donors (Lipinski definition) is 3. The number of carboxylic acids is 1. The van der Waals surface area contributed by atoms with Crippen molar-refractivity contribution < 1.29 is 14.7 Å². The van der Waals surface area contributed by atoms with Gasteiger partial charge in [-0.3, -0.25) is 0 Å². The molecule has 0 heterocycles. The minimum atomic E-state index is -0.966. The van der Waals surface area contributed by atoms with E-state index in [1.165, 1.54) is 6.42 Å². The third kappa shape index (κ3) is 5.49. The molecule has 1 rings (SSSR count). The van der Waals surface area contributed by atoms with Gasteiger partial charge >= 0.3 is 12.0 Å². The summed E-state index contributed by atoms with van der Waals surface area (Å²) in [6.07, 6.45) is 6.73. The minimum absolute atomic E-state index is 0.190. The quantitative estimate of drug-likeness (QED) is 0.694. The van der Waals surface area contributed by atoms with E-state index in [1.54, 1.807) is 0 Å². The number of nitrogens with one attached hydrogen (secondary N) is 2. The average Bonchev–Trinajstić information content (AvgIpc) is 2.38. The van der Waals surface area contributed by atoms with Crippen LogP contribution in [0.15, 0.2) is 0 Å². The molecule has 0 radical (unpaired) electrons. The molecule has 0 aromatic rings. The predicted molar refractivity (Wildman–Crippen MR) is 74.0 cm³/mol. The van der Waals surface area contributed by atoms with Gasteiger partial charge in [0.15, 0.2) is 0 Å². The molecule has 1 aliphatic carbocycles. The number of aliphatic carboxylic acids is 1. The fourth-order valence-corrected chi connectivity index (χ4v) is 2.72. The Hall–Kier alpha value is -1.26. The molecule has 5 nitrogen and oxygen atoms in total. The Morgan fingerprint density at radius 1 is 1.32 bits per heavy atom. The second-order valence-corrected chi connectivity index (χ2v) is 5.44. The number of carbonyl (C=O) groups excluding carboxylic acids is 1. The summed E-state index contributed by atoms with van der Waals surface area (Å²) in [6, 6.07) is -0.937. The molecule has 0 aromatic carbocycles. The van der Waals surface area contributed by atoms with Gasteiger partial charge in [0, 0.05) is 6.04 Å². The van der Waals surface area contributed by atoms with E-state index in [2.05, 4.69) is 17.6 Å². The van der Waals surface area contributed by atoms with Crippen molar-refractivity contribution >= 4 is 12.0 Å². The standard InChI is InChI=1S/C14H26N2O3/c1-3-6-12(13(17)18)16-14(19)15-11-8-5-7-10(4-2)9-11/h10-12H,3-9H2,1-2H3,(H,17,18)(H2,15,16,19)/t10?,11?,12-/m0/s1. The van der Waals surface area contributed by atoms with Crippen LogP contribution in [0.25, 0.3) is 0 Å². The third-order valence-electron chi connectivity index (χ3n) is 3.88. The van der Waals surface area contributed by atoms with Crippen molar-refractivity contribution in [1.82, 2.24) is 10.6 Å². The molecule has 0 bridgehead atoms. The van der Waals surface area contributed by atoms with Gasteiger partial charge in [0.25, 0.3) is 0 Å². The lowest BCUT2D eigenvalue weighted by atomic mass is 9.84. The molecular formula is C14H26N2O3. The van der Waals surface area contributed by atoms with Crippen LogP contribution >= 0.6 is 0 Å². The summed E-state index contributed by atoms with van der Waals surface area (Å²) in [6.45, 7) is 4.08. The van der Waals surface area contributed by atoms with Crippen LogP contribution in [0.1, 0.15) is 58.8 Å². The van der Waals surface area contributed by atoms with E-state index >= 15 is 0 Å². The highest BCUT2D eigenvalue weighted by atomic mass is 16.4. The number of amides is 2. The first kappa shape index (κ1) is 15.8. The molecule has 0 saturated heterocycles. The molecule has 1 saturated carbocycles. The summed E-state index contributed by atoms with van der Waals surface area (Å²) >= 11 is 0. The normalized spacial score (nSPS) is 24.5. The largest absolute Gasteiger partial charge is 0.480 e. The topological polar surface area (TPSA) is 78.4 Å². The van der Waals surface area contributed by atoms with Crippen LogP contribution in [0, 0.1) is 5.92 Å². The second-order valence-electron chi connectivity index (χ2n) is 5.44. The Morgan fingerprint density at radius 2 is 2.05 bits per heavy atom.